The summed E-state index contributed by atoms with van der Waals surface area (Å²) in [6.45, 7) is 0. The number of amides is 1. The molecule has 0 bridgehead atoms. The van der Waals surface area contributed by atoms with Gasteiger partial charge in [0.25, 0.3) is 0 Å². The second kappa shape index (κ2) is 6.10. The molecule has 82 valence electrons. The first-order valence-electron chi connectivity index (χ1n) is 4.17. The molecule has 1 aromatic heterocycles. The first-order valence-corrected chi connectivity index (χ1v) is 5.47. The van der Waals surface area contributed by atoms with Crippen LogP contribution in [0.3, 0.4) is 0 Å². The van der Waals surface area contributed by atoms with Crippen molar-refractivity contribution in [2.75, 3.05) is 11.2 Å². The Morgan fingerprint density at radius 2 is 2.13 bits per heavy atom. The third-order valence-electron chi connectivity index (χ3n) is 1.47. The summed E-state index contributed by atoms with van der Waals surface area (Å²) in [6, 6.07) is 1.42. The fourth-order valence-electron chi connectivity index (χ4n) is 0.887. The molecule has 0 aliphatic rings. The number of hydrogen-bond donors (Lipinski definition) is 1. The first kappa shape index (κ1) is 12.5. The minimum atomic E-state index is -0.179. The Bertz CT molecular complexity index is 339. The van der Waals surface area contributed by atoms with E-state index in [1.807, 2.05) is 0 Å². The van der Waals surface area contributed by atoms with Gasteiger partial charge in [-0.15, -0.1) is 11.6 Å². The van der Waals surface area contributed by atoms with Gasteiger partial charge in [0.1, 0.15) is 11.0 Å². The molecule has 7 heteroatoms. The number of halogens is 3. The molecule has 0 radical (unpaired) electrons. The van der Waals surface area contributed by atoms with Crippen molar-refractivity contribution in [3.63, 3.8) is 0 Å². The van der Waals surface area contributed by atoms with E-state index in [1.165, 1.54) is 6.07 Å². The average Bonchev–Trinajstić information content (AvgIpc) is 2.13. The topological polar surface area (TPSA) is 54.9 Å². The molecular formula is C8H8Cl3N3O. The van der Waals surface area contributed by atoms with E-state index < -0.39 is 0 Å². The van der Waals surface area contributed by atoms with Gasteiger partial charge < -0.3 is 5.32 Å². The van der Waals surface area contributed by atoms with Crippen LogP contribution >= 0.6 is 34.8 Å². The highest BCUT2D eigenvalue weighted by Gasteiger charge is 2.05. The number of carbonyl (C=O) groups excluding carboxylic acids is 1. The van der Waals surface area contributed by atoms with Gasteiger partial charge in [0.05, 0.1) is 0 Å². The largest absolute Gasteiger partial charge is 0.311 e. The van der Waals surface area contributed by atoms with E-state index >= 15 is 0 Å². The van der Waals surface area contributed by atoms with E-state index in [0.29, 0.717) is 24.5 Å². The van der Waals surface area contributed by atoms with Gasteiger partial charge in [-0.3, -0.25) is 4.79 Å². The van der Waals surface area contributed by atoms with Crippen molar-refractivity contribution in [1.29, 1.82) is 0 Å². The van der Waals surface area contributed by atoms with Crippen LogP contribution in [0.15, 0.2) is 6.07 Å². The summed E-state index contributed by atoms with van der Waals surface area (Å²) in [7, 11) is 0. The molecule has 0 saturated carbocycles. The molecule has 1 heterocycles. The summed E-state index contributed by atoms with van der Waals surface area (Å²) >= 11 is 16.6. The molecule has 1 amide bonds. The van der Waals surface area contributed by atoms with Crippen molar-refractivity contribution in [3.05, 3.63) is 16.5 Å². The highest BCUT2D eigenvalue weighted by Crippen LogP contribution is 2.14. The van der Waals surface area contributed by atoms with Crippen LogP contribution < -0.4 is 5.32 Å². The maximum Gasteiger partial charge on any atom is 0.225 e. The number of hydrogen-bond acceptors (Lipinski definition) is 3. The number of nitrogens with zero attached hydrogens (tertiary/aromatic N) is 2. The van der Waals surface area contributed by atoms with Gasteiger partial charge in [0.2, 0.25) is 11.2 Å². The number of anilines is 1. The van der Waals surface area contributed by atoms with Gasteiger partial charge in [-0.1, -0.05) is 11.6 Å². The Hall–Kier alpha value is -0.580. The highest BCUT2D eigenvalue weighted by molar-refractivity contribution is 6.32. The van der Waals surface area contributed by atoms with Crippen LogP contribution in [0.4, 0.5) is 5.82 Å². The lowest BCUT2D eigenvalue weighted by Crippen LogP contribution is -2.12. The molecule has 4 nitrogen and oxygen atoms in total. The third kappa shape index (κ3) is 4.64. The molecule has 0 fully saturated rings. The SMILES string of the molecule is O=C(CCCCl)Nc1cc(Cl)nc(Cl)n1. The molecule has 0 aliphatic carbocycles. The summed E-state index contributed by atoms with van der Waals surface area (Å²) in [5, 5.41) is 2.72. The minimum Gasteiger partial charge on any atom is -0.311 e. The second-order valence-electron chi connectivity index (χ2n) is 2.69. The van der Waals surface area contributed by atoms with Gasteiger partial charge in [0.15, 0.2) is 0 Å². The van der Waals surface area contributed by atoms with E-state index in [4.69, 9.17) is 34.8 Å². The molecule has 0 aliphatic heterocycles. The summed E-state index contributed by atoms with van der Waals surface area (Å²) in [4.78, 5) is 18.7. The number of carbonyl (C=O) groups is 1. The smallest absolute Gasteiger partial charge is 0.225 e. The van der Waals surface area contributed by atoms with Crippen LogP contribution in [0.1, 0.15) is 12.8 Å². The van der Waals surface area contributed by atoms with Crippen LogP contribution in [-0.2, 0) is 4.79 Å². The summed E-state index contributed by atoms with van der Waals surface area (Å²) in [5.41, 5.74) is 0. The normalized spacial score (nSPS) is 10.1. The second-order valence-corrected chi connectivity index (χ2v) is 3.79. The van der Waals surface area contributed by atoms with Crippen LogP contribution in [0.5, 0.6) is 0 Å². The molecule has 0 atom stereocenters. The lowest BCUT2D eigenvalue weighted by atomic mass is 10.3. The van der Waals surface area contributed by atoms with Crippen molar-refractivity contribution >= 4 is 46.5 Å². The van der Waals surface area contributed by atoms with E-state index in [-0.39, 0.29) is 16.3 Å². The summed E-state index contributed by atoms with van der Waals surface area (Å²) in [6.07, 6.45) is 0.947. The number of nitrogens with one attached hydrogen (secondary N) is 1. The predicted molar refractivity (Wildman–Crippen MR) is 60.6 cm³/mol. The van der Waals surface area contributed by atoms with Crippen LogP contribution in [0, 0.1) is 0 Å². The van der Waals surface area contributed by atoms with Gasteiger partial charge in [0, 0.05) is 18.4 Å². The van der Waals surface area contributed by atoms with Crippen LogP contribution in [-0.4, -0.2) is 21.8 Å². The van der Waals surface area contributed by atoms with Gasteiger partial charge in [-0.25, -0.2) is 9.97 Å². The molecular weight excluding hydrogens is 260 g/mol. The number of alkyl halides is 1. The maximum absolute atomic E-state index is 11.3. The van der Waals surface area contributed by atoms with Gasteiger partial charge >= 0.3 is 0 Å². The zero-order valence-electron chi connectivity index (χ0n) is 7.64. The minimum absolute atomic E-state index is 0.00450. The van der Waals surface area contributed by atoms with Crippen LogP contribution in [0.25, 0.3) is 0 Å². The molecule has 0 spiro atoms. The van der Waals surface area contributed by atoms with Crippen LogP contribution in [0.2, 0.25) is 10.4 Å². The molecule has 15 heavy (non-hydrogen) atoms. The number of aromatic nitrogens is 2. The fourth-order valence-corrected chi connectivity index (χ4v) is 1.43. The molecule has 0 aromatic carbocycles. The van der Waals surface area contributed by atoms with Crippen molar-refractivity contribution in [1.82, 2.24) is 9.97 Å². The van der Waals surface area contributed by atoms with E-state index in [0.717, 1.165) is 0 Å². The molecule has 1 aromatic rings. The zero-order chi connectivity index (χ0) is 11.3. The third-order valence-corrected chi connectivity index (χ3v) is 2.10. The first-order chi connectivity index (χ1) is 7.11. The summed E-state index contributed by atoms with van der Waals surface area (Å²) in [5.74, 6) is 0.555. The number of rotatable bonds is 4. The molecule has 0 saturated heterocycles. The van der Waals surface area contributed by atoms with Gasteiger partial charge in [-0.2, -0.15) is 0 Å². The highest BCUT2D eigenvalue weighted by atomic mass is 35.5. The zero-order valence-corrected chi connectivity index (χ0v) is 9.90. The standard InChI is InChI=1S/C8H8Cl3N3O/c9-3-1-2-7(15)13-6-4-5(10)12-8(11)14-6/h4H,1-3H2,(H,12,13,14,15). The Balaban J connectivity index is 2.60. The fraction of sp³-hybridized carbons (Fsp3) is 0.375. The van der Waals surface area contributed by atoms with Crippen molar-refractivity contribution in [2.24, 2.45) is 0 Å². The van der Waals surface area contributed by atoms with E-state index in [9.17, 15) is 4.79 Å². The molecule has 1 N–H and O–H groups in total. The Morgan fingerprint density at radius 3 is 2.73 bits per heavy atom. The monoisotopic (exact) mass is 267 g/mol. The van der Waals surface area contributed by atoms with Crippen molar-refractivity contribution < 1.29 is 4.79 Å². The van der Waals surface area contributed by atoms with E-state index in [1.54, 1.807) is 0 Å². The van der Waals surface area contributed by atoms with Crippen molar-refractivity contribution in [3.8, 4) is 0 Å². The molecule has 1 rings (SSSR count). The molecule has 0 unspecified atom stereocenters. The predicted octanol–water partition coefficient (Wildman–Crippen LogP) is 2.74. The maximum atomic E-state index is 11.3. The lowest BCUT2D eigenvalue weighted by molar-refractivity contribution is -0.116. The van der Waals surface area contributed by atoms with Crippen molar-refractivity contribution in [2.45, 2.75) is 12.8 Å². The lowest BCUT2D eigenvalue weighted by Gasteiger charge is -2.03. The Labute approximate surface area is 102 Å². The average molecular weight is 269 g/mol. The van der Waals surface area contributed by atoms with E-state index in [2.05, 4.69) is 15.3 Å². The Kier molecular flexibility index (Phi) is 5.08. The Morgan fingerprint density at radius 1 is 1.40 bits per heavy atom. The summed E-state index contributed by atoms with van der Waals surface area (Å²) < 4.78 is 0. The quantitative estimate of drug-likeness (QED) is 0.519. The van der Waals surface area contributed by atoms with Gasteiger partial charge in [-0.05, 0) is 18.0 Å².